The topological polar surface area (TPSA) is 58.6 Å². The normalized spacial score (nSPS) is 13.3. The molecule has 2 aromatic rings. The van der Waals surface area contributed by atoms with E-state index in [9.17, 15) is 14.0 Å². The highest BCUT2D eigenvalue weighted by atomic mass is 35.5. The maximum atomic E-state index is 13.7. The summed E-state index contributed by atoms with van der Waals surface area (Å²) in [5.74, 6) is -0.954. The lowest BCUT2D eigenvalue weighted by atomic mass is 10.2. The van der Waals surface area contributed by atoms with E-state index in [-0.39, 0.29) is 24.7 Å². The number of hydrogen-bond donors (Lipinski definition) is 1. The van der Waals surface area contributed by atoms with Crippen molar-refractivity contribution in [3.05, 3.63) is 52.8 Å². The average Bonchev–Trinajstić information content (AvgIpc) is 2.54. The second kappa shape index (κ2) is 6.49. The highest BCUT2D eigenvalue weighted by Crippen LogP contribution is 2.34. The van der Waals surface area contributed by atoms with E-state index < -0.39 is 11.7 Å². The minimum Gasteiger partial charge on any atom is -0.482 e. The zero-order chi connectivity index (χ0) is 17.3. The lowest BCUT2D eigenvalue weighted by Gasteiger charge is -2.29. The van der Waals surface area contributed by atoms with Gasteiger partial charge in [-0.3, -0.25) is 14.5 Å². The predicted octanol–water partition coefficient (Wildman–Crippen LogP) is 3.15. The lowest BCUT2D eigenvalue weighted by molar-refractivity contribution is -0.123. The lowest BCUT2D eigenvalue weighted by Crippen LogP contribution is -2.43. The Hall–Kier alpha value is -2.60. The number of carbonyl (C=O) groups excluding carboxylic acids is 2. The minimum atomic E-state index is -0.536. The number of ether oxygens (including phenoxy) is 1. The Balaban J connectivity index is 1.80. The van der Waals surface area contributed by atoms with Gasteiger partial charge in [-0.05, 0) is 42.8 Å². The quantitative estimate of drug-likeness (QED) is 0.927. The van der Waals surface area contributed by atoms with Crippen LogP contribution in [-0.2, 0) is 9.59 Å². The van der Waals surface area contributed by atoms with Crippen molar-refractivity contribution in [1.29, 1.82) is 0 Å². The maximum absolute atomic E-state index is 13.7. The molecule has 24 heavy (non-hydrogen) atoms. The summed E-state index contributed by atoms with van der Waals surface area (Å²) < 4.78 is 19.1. The van der Waals surface area contributed by atoms with Crippen LogP contribution in [0.3, 0.4) is 0 Å². The molecule has 0 unspecified atom stereocenters. The summed E-state index contributed by atoms with van der Waals surface area (Å²) in [5.41, 5.74) is 1.30. The summed E-state index contributed by atoms with van der Waals surface area (Å²) in [6.07, 6.45) is 0. The first-order chi connectivity index (χ1) is 11.4. The maximum Gasteiger partial charge on any atom is 0.265 e. The molecule has 0 aliphatic carbocycles. The molecule has 0 aromatic heterocycles. The van der Waals surface area contributed by atoms with Crippen LogP contribution < -0.4 is 15.0 Å². The first-order valence-electron chi connectivity index (χ1n) is 7.23. The first kappa shape index (κ1) is 16.3. The number of rotatable bonds is 3. The monoisotopic (exact) mass is 348 g/mol. The van der Waals surface area contributed by atoms with Crippen molar-refractivity contribution >= 4 is 34.8 Å². The van der Waals surface area contributed by atoms with Gasteiger partial charge in [0.1, 0.15) is 18.1 Å². The van der Waals surface area contributed by atoms with E-state index >= 15 is 0 Å². The third-order valence-electron chi connectivity index (χ3n) is 3.56. The van der Waals surface area contributed by atoms with E-state index in [0.29, 0.717) is 16.5 Å². The van der Waals surface area contributed by atoms with E-state index in [1.54, 1.807) is 31.2 Å². The smallest absolute Gasteiger partial charge is 0.265 e. The third-order valence-corrected chi connectivity index (χ3v) is 3.80. The summed E-state index contributed by atoms with van der Waals surface area (Å²) in [4.78, 5) is 25.6. The van der Waals surface area contributed by atoms with Crippen LogP contribution in [0.25, 0.3) is 0 Å². The van der Waals surface area contributed by atoms with Crippen molar-refractivity contribution < 1.29 is 18.7 Å². The summed E-state index contributed by atoms with van der Waals surface area (Å²) in [6.45, 7) is 1.36. The molecule has 0 fully saturated rings. The van der Waals surface area contributed by atoms with Gasteiger partial charge < -0.3 is 10.1 Å². The van der Waals surface area contributed by atoms with Gasteiger partial charge in [0.25, 0.3) is 5.91 Å². The van der Waals surface area contributed by atoms with Crippen molar-refractivity contribution in [3.63, 3.8) is 0 Å². The zero-order valence-corrected chi connectivity index (χ0v) is 13.6. The van der Waals surface area contributed by atoms with Crippen LogP contribution in [0.1, 0.15) is 5.56 Å². The molecule has 5 nitrogen and oxygen atoms in total. The van der Waals surface area contributed by atoms with Crippen molar-refractivity contribution in [2.24, 2.45) is 0 Å². The van der Waals surface area contributed by atoms with Crippen molar-refractivity contribution in [2.75, 3.05) is 23.4 Å². The number of fused-ring (bicyclic) bond motifs is 1. The largest absolute Gasteiger partial charge is 0.482 e. The number of halogens is 2. The van der Waals surface area contributed by atoms with Crippen LogP contribution in [0.4, 0.5) is 15.8 Å². The molecule has 0 spiro atoms. The van der Waals surface area contributed by atoms with Crippen molar-refractivity contribution in [2.45, 2.75) is 6.92 Å². The van der Waals surface area contributed by atoms with Crippen LogP contribution in [0, 0.1) is 12.7 Å². The van der Waals surface area contributed by atoms with Gasteiger partial charge in [-0.15, -0.1) is 0 Å². The molecule has 2 aromatic carbocycles. The fourth-order valence-corrected chi connectivity index (χ4v) is 2.58. The van der Waals surface area contributed by atoms with Gasteiger partial charge in [-0.25, -0.2) is 4.39 Å². The SMILES string of the molecule is Cc1ccc(F)c(NC(=O)CN2C(=O)COc3ccc(Cl)cc32)c1. The average molecular weight is 349 g/mol. The van der Waals surface area contributed by atoms with Gasteiger partial charge in [0.2, 0.25) is 5.91 Å². The van der Waals surface area contributed by atoms with Gasteiger partial charge in [-0.1, -0.05) is 17.7 Å². The van der Waals surface area contributed by atoms with Crippen molar-refractivity contribution in [1.82, 2.24) is 0 Å². The number of hydrogen-bond acceptors (Lipinski definition) is 3. The Morgan fingerprint density at radius 3 is 2.92 bits per heavy atom. The molecule has 1 aliphatic heterocycles. The minimum absolute atomic E-state index is 0.0759. The molecule has 3 rings (SSSR count). The molecule has 0 radical (unpaired) electrons. The Morgan fingerprint density at radius 2 is 2.12 bits per heavy atom. The molecule has 124 valence electrons. The molecule has 1 N–H and O–H groups in total. The third kappa shape index (κ3) is 3.33. The number of aryl methyl sites for hydroxylation is 1. The van der Waals surface area contributed by atoms with Crippen LogP contribution in [0.2, 0.25) is 5.02 Å². The van der Waals surface area contributed by atoms with Gasteiger partial charge in [0.05, 0.1) is 11.4 Å². The van der Waals surface area contributed by atoms with E-state index in [0.717, 1.165) is 5.56 Å². The fourth-order valence-electron chi connectivity index (χ4n) is 2.42. The van der Waals surface area contributed by atoms with Gasteiger partial charge in [0, 0.05) is 5.02 Å². The molecular formula is C17H14ClFN2O3. The number of benzene rings is 2. The second-order valence-electron chi connectivity index (χ2n) is 5.41. The van der Waals surface area contributed by atoms with Gasteiger partial charge in [-0.2, -0.15) is 0 Å². The number of nitrogens with one attached hydrogen (secondary N) is 1. The standard InChI is InChI=1S/C17H14ClFN2O3/c1-10-2-4-12(19)13(6-10)20-16(22)8-21-14-7-11(18)3-5-15(14)24-9-17(21)23/h2-7H,8-9H2,1H3,(H,20,22). The summed E-state index contributed by atoms with van der Waals surface area (Å²) in [6, 6.07) is 9.23. The van der Waals surface area contributed by atoms with Crippen LogP contribution in [-0.4, -0.2) is 25.0 Å². The van der Waals surface area contributed by atoms with Gasteiger partial charge in [0.15, 0.2) is 6.61 Å². The first-order valence-corrected chi connectivity index (χ1v) is 7.60. The van der Waals surface area contributed by atoms with Crippen molar-refractivity contribution in [3.8, 4) is 5.75 Å². The molecule has 1 heterocycles. The molecule has 0 bridgehead atoms. The molecule has 2 amide bonds. The Labute approximate surface area is 143 Å². The number of anilines is 2. The zero-order valence-electron chi connectivity index (χ0n) is 12.8. The fraction of sp³-hybridized carbons (Fsp3) is 0.176. The predicted molar refractivity (Wildman–Crippen MR) is 89.1 cm³/mol. The molecule has 0 atom stereocenters. The highest BCUT2D eigenvalue weighted by molar-refractivity contribution is 6.31. The second-order valence-corrected chi connectivity index (χ2v) is 5.85. The summed E-state index contributed by atoms with van der Waals surface area (Å²) in [7, 11) is 0. The van der Waals surface area contributed by atoms with E-state index in [4.69, 9.17) is 16.3 Å². The number of carbonyl (C=O) groups is 2. The van der Waals surface area contributed by atoms with Gasteiger partial charge >= 0.3 is 0 Å². The Morgan fingerprint density at radius 1 is 1.33 bits per heavy atom. The Bertz CT molecular complexity index is 825. The summed E-state index contributed by atoms with van der Waals surface area (Å²) >= 11 is 5.95. The van der Waals surface area contributed by atoms with E-state index in [2.05, 4.69) is 5.32 Å². The molecule has 0 saturated heterocycles. The number of amides is 2. The Kier molecular flexibility index (Phi) is 4.40. The van der Waals surface area contributed by atoms with Crippen LogP contribution in [0.15, 0.2) is 36.4 Å². The van der Waals surface area contributed by atoms with E-state index in [1.807, 2.05) is 0 Å². The van der Waals surface area contributed by atoms with Crippen LogP contribution in [0.5, 0.6) is 5.75 Å². The van der Waals surface area contributed by atoms with Crippen LogP contribution >= 0.6 is 11.6 Å². The molecule has 0 saturated carbocycles. The van der Waals surface area contributed by atoms with E-state index in [1.165, 1.54) is 17.0 Å². The molecular weight excluding hydrogens is 335 g/mol. The molecule has 7 heteroatoms. The molecule has 1 aliphatic rings. The number of nitrogens with zero attached hydrogens (tertiary/aromatic N) is 1. The summed E-state index contributed by atoms with van der Waals surface area (Å²) in [5, 5.41) is 2.90. The highest BCUT2D eigenvalue weighted by Gasteiger charge is 2.27.